The van der Waals surface area contributed by atoms with E-state index in [2.05, 4.69) is 104 Å². The van der Waals surface area contributed by atoms with E-state index in [1.54, 1.807) is 14.2 Å². The summed E-state index contributed by atoms with van der Waals surface area (Å²) < 4.78 is 25.1. The molecule has 0 N–H and O–H groups in total. The zero-order valence-corrected chi connectivity index (χ0v) is 22.7. The molecule has 1 fully saturated rings. The zero-order chi connectivity index (χ0) is 27.1. The molecule has 3 aromatic rings. The quantitative estimate of drug-likeness (QED) is 0.348. The molecule has 5 nitrogen and oxygen atoms in total. The van der Waals surface area contributed by atoms with Crippen LogP contribution in [0.4, 0.5) is 0 Å². The fourth-order valence-electron chi connectivity index (χ4n) is 5.94. The van der Waals surface area contributed by atoms with Gasteiger partial charge in [0.05, 0.1) is 25.7 Å². The Balaban J connectivity index is 1.53. The van der Waals surface area contributed by atoms with E-state index in [0.717, 1.165) is 28.2 Å². The van der Waals surface area contributed by atoms with Crippen molar-refractivity contribution >= 4 is 17.9 Å². The summed E-state index contributed by atoms with van der Waals surface area (Å²) in [5.41, 5.74) is 9.26. The van der Waals surface area contributed by atoms with Crippen LogP contribution in [0.15, 0.2) is 102 Å². The Hall–Kier alpha value is -4.51. The van der Waals surface area contributed by atoms with Gasteiger partial charge in [-0.3, -0.25) is 0 Å². The van der Waals surface area contributed by atoms with Gasteiger partial charge in [0.25, 0.3) is 0 Å². The van der Waals surface area contributed by atoms with Crippen molar-refractivity contribution in [1.82, 2.24) is 0 Å². The first-order chi connectivity index (χ1) is 19.0. The lowest BCUT2D eigenvalue weighted by atomic mass is 9.73. The maximum atomic E-state index is 5.97. The molecule has 3 aliphatic rings. The highest BCUT2D eigenvalue weighted by atomic mass is 16.7. The fourth-order valence-corrected chi connectivity index (χ4v) is 5.94. The molecule has 0 spiro atoms. The molecule has 6 rings (SSSR count). The fraction of sp³-hybridized carbons (Fsp3) is 0.206. The number of hydrogen-bond donors (Lipinski definition) is 0. The van der Waals surface area contributed by atoms with Crippen molar-refractivity contribution < 1.29 is 23.5 Å². The van der Waals surface area contributed by atoms with Gasteiger partial charge in [-0.25, -0.2) is 4.58 Å². The van der Waals surface area contributed by atoms with Crippen LogP contribution < -0.4 is 9.47 Å². The van der Waals surface area contributed by atoms with E-state index in [1.165, 1.54) is 27.8 Å². The molecule has 2 unspecified atom stereocenters. The molecule has 2 aliphatic heterocycles. The Morgan fingerprint density at radius 2 is 1.62 bits per heavy atom. The van der Waals surface area contributed by atoms with Gasteiger partial charge in [-0.05, 0) is 52.5 Å². The molecule has 1 aliphatic carbocycles. The van der Waals surface area contributed by atoms with Gasteiger partial charge in [0.2, 0.25) is 6.79 Å². The molecule has 2 heterocycles. The number of rotatable bonds is 4. The maximum absolute atomic E-state index is 5.97. The van der Waals surface area contributed by atoms with E-state index in [9.17, 15) is 0 Å². The second-order valence-electron chi connectivity index (χ2n) is 10.0. The average molecular weight is 519 g/mol. The highest BCUT2D eigenvalue weighted by molar-refractivity contribution is 5.91. The molecular weight excluding hydrogens is 486 g/mol. The molecule has 3 aromatic carbocycles. The minimum Gasteiger partial charge on any atom is -0.493 e. The van der Waals surface area contributed by atoms with E-state index < -0.39 is 0 Å². The van der Waals surface area contributed by atoms with Crippen LogP contribution in [0.3, 0.4) is 0 Å². The lowest BCUT2D eigenvalue weighted by Gasteiger charge is -2.34. The summed E-state index contributed by atoms with van der Waals surface area (Å²) in [7, 11) is 5.46. The number of benzene rings is 3. The highest BCUT2D eigenvalue weighted by Gasteiger charge is 2.43. The van der Waals surface area contributed by atoms with Crippen molar-refractivity contribution in [3.05, 3.63) is 119 Å². The third-order valence-corrected chi connectivity index (χ3v) is 7.89. The average Bonchev–Trinajstić information content (AvgIpc) is 3.41. The summed E-state index contributed by atoms with van der Waals surface area (Å²) >= 11 is 0. The molecule has 0 amide bonds. The van der Waals surface area contributed by atoms with Gasteiger partial charge in [-0.1, -0.05) is 73.3 Å². The van der Waals surface area contributed by atoms with Gasteiger partial charge in [-0.2, -0.15) is 0 Å². The molecule has 0 saturated carbocycles. The third kappa shape index (κ3) is 4.24. The van der Waals surface area contributed by atoms with Crippen molar-refractivity contribution in [2.45, 2.75) is 13.0 Å². The van der Waals surface area contributed by atoms with Crippen LogP contribution in [0.5, 0.6) is 11.5 Å². The van der Waals surface area contributed by atoms with Gasteiger partial charge in [-0.15, -0.1) is 0 Å². The topological polar surface area (TPSA) is 39.9 Å². The molecule has 196 valence electrons. The van der Waals surface area contributed by atoms with Crippen molar-refractivity contribution in [2.24, 2.45) is 5.92 Å². The molecule has 39 heavy (non-hydrogen) atoms. The summed E-state index contributed by atoms with van der Waals surface area (Å²) in [4.78, 5) is 0. The van der Waals surface area contributed by atoms with Crippen LogP contribution in [0, 0.1) is 5.92 Å². The molecule has 2 atom stereocenters. The summed E-state index contributed by atoms with van der Waals surface area (Å²) in [5, 5.41) is 0. The van der Waals surface area contributed by atoms with E-state index in [1.807, 2.05) is 6.07 Å². The van der Waals surface area contributed by atoms with Crippen molar-refractivity contribution in [1.29, 1.82) is 0 Å². The van der Waals surface area contributed by atoms with Gasteiger partial charge >= 0.3 is 0 Å². The van der Waals surface area contributed by atoms with E-state index in [-0.39, 0.29) is 18.8 Å². The number of hydrogen-bond acceptors (Lipinski definition) is 4. The van der Waals surface area contributed by atoms with Crippen molar-refractivity contribution in [2.75, 3.05) is 28.1 Å². The Bertz CT molecular complexity index is 1580. The Kier molecular flexibility index (Phi) is 6.35. The second kappa shape index (κ2) is 9.99. The van der Waals surface area contributed by atoms with E-state index >= 15 is 0 Å². The van der Waals surface area contributed by atoms with E-state index in [4.69, 9.17) is 18.9 Å². The van der Waals surface area contributed by atoms with Crippen LogP contribution in [0.25, 0.3) is 22.8 Å². The van der Waals surface area contributed by atoms with Crippen LogP contribution in [0.2, 0.25) is 0 Å². The number of fused-ring (bicyclic) bond motifs is 3. The van der Waals surface area contributed by atoms with Gasteiger partial charge < -0.3 is 18.9 Å². The number of nitrogens with zero attached hydrogens (tertiary/aromatic N) is 1. The molecule has 0 aromatic heterocycles. The normalized spacial score (nSPS) is 22.8. The molecule has 0 radical (unpaired) electrons. The minimum atomic E-state index is 0.0679. The molecule has 0 bridgehead atoms. The van der Waals surface area contributed by atoms with Crippen molar-refractivity contribution in [3.8, 4) is 22.6 Å². The lowest BCUT2D eigenvalue weighted by molar-refractivity contribution is -0.548. The summed E-state index contributed by atoms with van der Waals surface area (Å²) in [6.07, 6.45) is 6.64. The third-order valence-electron chi connectivity index (χ3n) is 7.89. The number of allylic oxidation sites excluding steroid dienone is 2. The number of methoxy groups -OCH3 is 2. The van der Waals surface area contributed by atoms with Gasteiger partial charge in [0, 0.05) is 5.56 Å². The van der Waals surface area contributed by atoms with Crippen LogP contribution >= 0.6 is 0 Å². The monoisotopic (exact) mass is 518 g/mol. The minimum absolute atomic E-state index is 0.0679. The largest absolute Gasteiger partial charge is 0.493 e. The predicted molar refractivity (Wildman–Crippen MR) is 155 cm³/mol. The standard InChI is InChI=1S/C34H32NO4/c1-21(23-11-13-25(14-12-23)24-9-7-6-8-10-24)32-27-16-15-26-17-30(36-4)31(37-5)18-28(26)33(27)35(3)19-29(32)34-22(2)38-20-39-34/h6-19,27,33H,2,20H2,1,3-5H3/q+1. The first-order valence-electron chi connectivity index (χ1n) is 13.1. The van der Waals surface area contributed by atoms with E-state index in [0.29, 0.717) is 11.5 Å². The number of ether oxygens (including phenoxy) is 4. The first kappa shape index (κ1) is 24.8. The molecule has 5 heteroatoms. The zero-order valence-electron chi connectivity index (χ0n) is 22.7. The Morgan fingerprint density at radius 3 is 2.28 bits per heavy atom. The van der Waals surface area contributed by atoms with Gasteiger partial charge in [0.15, 0.2) is 35.3 Å². The maximum Gasteiger partial charge on any atom is 0.231 e. The summed E-state index contributed by atoms with van der Waals surface area (Å²) in [5.74, 6) is 2.77. The van der Waals surface area contributed by atoms with Crippen molar-refractivity contribution in [3.63, 3.8) is 0 Å². The highest BCUT2D eigenvalue weighted by Crippen LogP contribution is 2.49. The lowest BCUT2D eigenvalue weighted by Crippen LogP contribution is -2.33. The molecule has 1 saturated heterocycles. The Labute approximate surface area is 229 Å². The summed E-state index contributed by atoms with van der Waals surface area (Å²) in [6.45, 7) is 6.49. The second-order valence-corrected chi connectivity index (χ2v) is 10.0. The van der Waals surface area contributed by atoms with Gasteiger partial charge in [0.1, 0.15) is 7.05 Å². The van der Waals surface area contributed by atoms with Crippen LogP contribution in [-0.4, -0.2) is 38.9 Å². The van der Waals surface area contributed by atoms with Crippen LogP contribution in [0.1, 0.15) is 29.7 Å². The summed E-state index contributed by atoms with van der Waals surface area (Å²) in [6, 6.07) is 23.5. The Morgan fingerprint density at radius 1 is 0.923 bits per heavy atom. The molecular formula is C34H32NO4+. The first-order valence-corrected chi connectivity index (χ1v) is 13.1. The predicted octanol–water partition coefficient (Wildman–Crippen LogP) is 7.03. The van der Waals surface area contributed by atoms with Crippen LogP contribution in [-0.2, 0) is 9.47 Å². The SMILES string of the molecule is C=C1OCOC1=C1C=[N+](C)C2c3cc(OC)c(OC)cc3C=CC2C1=C(C)c1ccc(-c2ccccc2)cc1. The smallest absolute Gasteiger partial charge is 0.231 e.